The molecule has 2 aliphatic heterocycles. The molecule has 4 rings (SSSR count). The second-order valence-corrected chi connectivity index (χ2v) is 8.83. The van der Waals surface area contributed by atoms with Crippen molar-refractivity contribution < 1.29 is 9.53 Å². The Kier molecular flexibility index (Phi) is 4.74. The zero-order valence-corrected chi connectivity index (χ0v) is 16.5. The predicted molar refractivity (Wildman–Crippen MR) is 106 cm³/mol. The van der Waals surface area contributed by atoms with Gasteiger partial charge < -0.3 is 19.9 Å². The third-order valence-electron chi connectivity index (χ3n) is 5.53. The van der Waals surface area contributed by atoms with Gasteiger partial charge in [0, 0.05) is 26.2 Å². The van der Waals surface area contributed by atoms with Gasteiger partial charge in [0.15, 0.2) is 5.96 Å². The number of rotatable bonds is 3. The first kappa shape index (κ1) is 18.1. The number of hydrogen-bond acceptors (Lipinski definition) is 5. The number of amides is 1. The predicted octanol–water partition coefficient (Wildman–Crippen LogP) is 2.67. The smallest absolute Gasteiger partial charge is 0.410 e. The van der Waals surface area contributed by atoms with Gasteiger partial charge in [-0.05, 0) is 44.6 Å². The lowest BCUT2D eigenvalue weighted by molar-refractivity contribution is 0.0137. The SMILES string of the molecule is CC(C)(C)OC(=O)N1CCN2C(NCC3CC3c3ccccc3)=NCC2C1. The maximum absolute atomic E-state index is 12.3. The molecule has 0 aromatic heterocycles. The standard InChI is InChI=1S/C21H30N4O2/c1-21(2,3)27-20(26)24-9-10-25-17(14-24)13-23-19(25)22-12-16-11-18(16)15-7-5-4-6-8-15/h4-8,16-18H,9-14H2,1-3H3,(H,22,23). The molecular weight excluding hydrogens is 340 g/mol. The van der Waals surface area contributed by atoms with Crippen LogP contribution in [-0.4, -0.2) is 66.2 Å². The summed E-state index contributed by atoms with van der Waals surface area (Å²) in [5, 5.41) is 3.57. The molecule has 1 aromatic rings. The minimum absolute atomic E-state index is 0.216. The van der Waals surface area contributed by atoms with E-state index in [0.29, 0.717) is 24.9 Å². The zero-order chi connectivity index (χ0) is 19.0. The minimum atomic E-state index is -0.452. The van der Waals surface area contributed by atoms with E-state index < -0.39 is 5.60 Å². The van der Waals surface area contributed by atoms with Gasteiger partial charge in [0.25, 0.3) is 0 Å². The van der Waals surface area contributed by atoms with E-state index in [1.54, 1.807) is 0 Å². The third-order valence-corrected chi connectivity index (χ3v) is 5.53. The molecule has 3 aliphatic rings. The molecule has 3 unspecified atom stereocenters. The highest BCUT2D eigenvalue weighted by Crippen LogP contribution is 2.46. The van der Waals surface area contributed by atoms with Gasteiger partial charge in [-0.1, -0.05) is 30.3 Å². The molecule has 1 aliphatic carbocycles. The van der Waals surface area contributed by atoms with Crippen LogP contribution in [0.1, 0.15) is 38.7 Å². The van der Waals surface area contributed by atoms with Crippen molar-refractivity contribution in [3.05, 3.63) is 35.9 Å². The summed E-state index contributed by atoms with van der Waals surface area (Å²) in [4.78, 5) is 21.1. The molecule has 1 saturated heterocycles. The molecule has 0 bridgehead atoms. The highest BCUT2D eigenvalue weighted by molar-refractivity contribution is 5.82. The molecule has 0 spiro atoms. The Hall–Kier alpha value is -2.24. The quantitative estimate of drug-likeness (QED) is 0.889. The monoisotopic (exact) mass is 370 g/mol. The van der Waals surface area contributed by atoms with Crippen molar-refractivity contribution in [1.82, 2.24) is 15.1 Å². The molecule has 1 aromatic carbocycles. The van der Waals surface area contributed by atoms with Crippen molar-refractivity contribution in [2.75, 3.05) is 32.7 Å². The van der Waals surface area contributed by atoms with Crippen LogP contribution >= 0.6 is 0 Å². The number of aliphatic imine (C=N–C) groups is 1. The Morgan fingerprint density at radius 2 is 2.04 bits per heavy atom. The van der Waals surface area contributed by atoms with Crippen LogP contribution in [0.4, 0.5) is 4.79 Å². The first-order valence-corrected chi connectivity index (χ1v) is 9.98. The van der Waals surface area contributed by atoms with Gasteiger partial charge in [-0.3, -0.25) is 4.99 Å². The van der Waals surface area contributed by atoms with E-state index in [2.05, 4.69) is 40.5 Å². The highest BCUT2D eigenvalue weighted by atomic mass is 16.6. The second-order valence-electron chi connectivity index (χ2n) is 8.83. The number of ether oxygens (including phenoxy) is 1. The van der Waals surface area contributed by atoms with Gasteiger partial charge in [0.1, 0.15) is 5.60 Å². The minimum Gasteiger partial charge on any atom is -0.444 e. The first-order chi connectivity index (χ1) is 12.9. The summed E-state index contributed by atoms with van der Waals surface area (Å²) in [6, 6.07) is 11.0. The molecular formula is C21H30N4O2. The lowest BCUT2D eigenvalue weighted by Crippen LogP contribution is -2.57. The molecule has 6 nitrogen and oxygen atoms in total. The fourth-order valence-electron chi connectivity index (χ4n) is 4.03. The molecule has 0 radical (unpaired) electrons. The number of fused-ring (bicyclic) bond motifs is 1. The van der Waals surface area contributed by atoms with E-state index in [1.165, 1.54) is 12.0 Å². The van der Waals surface area contributed by atoms with Crippen molar-refractivity contribution in [3.8, 4) is 0 Å². The molecule has 1 N–H and O–H groups in total. The number of hydrogen-bond donors (Lipinski definition) is 1. The summed E-state index contributed by atoms with van der Waals surface area (Å²) in [7, 11) is 0. The Labute approximate surface area is 161 Å². The van der Waals surface area contributed by atoms with Crippen LogP contribution < -0.4 is 5.32 Å². The van der Waals surface area contributed by atoms with Crippen molar-refractivity contribution in [2.24, 2.45) is 10.9 Å². The fraction of sp³-hybridized carbons (Fsp3) is 0.619. The van der Waals surface area contributed by atoms with Gasteiger partial charge in [-0.25, -0.2) is 4.79 Å². The van der Waals surface area contributed by atoms with E-state index in [0.717, 1.165) is 25.6 Å². The van der Waals surface area contributed by atoms with Crippen molar-refractivity contribution in [1.29, 1.82) is 0 Å². The van der Waals surface area contributed by atoms with Crippen LogP contribution in [0.15, 0.2) is 35.3 Å². The maximum atomic E-state index is 12.3. The number of benzene rings is 1. The van der Waals surface area contributed by atoms with Crippen molar-refractivity contribution in [2.45, 2.75) is 44.8 Å². The summed E-state index contributed by atoms with van der Waals surface area (Å²) >= 11 is 0. The molecule has 2 fully saturated rings. The molecule has 6 heteroatoms. The second kappa shape index (κ2) is 7.06. The highest BCUT2D eigenvalue weighted by Gasteiger charge is 2.40. The van der Waals surface area contributed by atoms with Crippen LogP contribution in [0.25, 0.3) is 0 Å². The van der Waals surface area contributed by atoms with Gasteiger partial charge in [0.2, 0.25) is 0 Å². The zero-order valence-electron chi connectivity index (χ0n) is 16.5. The van der Waals surface area contributed by atoms with Crippen LogP contribution in [0.5, 0.6) is 0 Å². The Balaban J connectivity index is 1.25. The fourth-order valence-corrected chi connectivity index (χ4v) is 4.03. The lowest BCUT2D eigenvalue weighted by atomic mass is 10.1. The van der Waals surface area contributed by atoms with E-state index >= 15 is 0 Å². The topological polar surface area (TPSA) is 57.2 Å². The summed E-state index contributed by atoms with van der Waals surface area (Å²) in [6.45, 7) is 9.60. The number of piperazine rings is 1. The Morgan fingerprint density at radius 1 is 1.26 bits per heavy atom. The number of guanidine groups is 1. The van der Waals surface area contributed by atoms with E-state index in [1.807, 2.05) is 25.7 Å². The van der Waals surface area contributed by atoms with E-state index in [9.17, 15) is 4.79 Å². The number of nitrogens with one attached hydrogen (secondary N) is 1. The lowest BCUT2D eigenvalue weighted by Gasteiger charge is -2.39. The van der Waals surface area contributed by atoms with Gasteiger partial charge >= 0.3 is 6.09 Å². The average molecular weight is 370 g/mol. The van der Waals surface area contributed by atoms with E-state index in [-0.39, 0.29) is 12.1 Å². The summed E-state index contributed by atoms with van der Waals surface area (Å²) in [5.41, 5.74) is 0.994. The number of carbonyl (C=O) groups is 1. The molecule has 2 heterocycles. The van der Waals surface area contributed by atoms with Gasteiger partial charge in [-0.15, -0.1) is 0 Å². The van der Waals surface area contributed by atoms with Crippen molar-refractivity contribution in [3.63, 3.8) is 0 Å². The number of nitrogens with zero attached hydrogens (tertiary/aromatic N) is 3. The third kappa shape index (κ3) is 4.20. The Morgan fingerprint density at radius 3 is 2.78 bits per heavy atom. The first-order valence-electron chi connectivity index (χ1n) is 9.98. The summed E-state index contributed by atoms with van der Waals surface area (Å²) in [5.74, 6) is 2.38. The molecule has 1 saturated carbocycles. The molecule has 146 valence electrons. The number of carbonyl (C=O) groups excluding carboxylic acids is 1. The maximum Gasteiger partial charge on any atom is 0.410 e. The summed E-state index contributed by atoms with van der Waals surface area (Å²) < 4.78 is 5.51. The average Bonchev–Trinajstić information content (AvgIpc) is 3.30. The van der Waals surface area contributed by atoms with Crippen LogP contribution in [0.3, 0.4) is 0 Å². The van der Waals surface area contributed by atoms with Crippen LogP contribution in [-0.2, 0) is 4.74 Å². The molecule has 1 amide bonds. The van der Waals surface area contributed by atoms with Gasteiger partial charge in [-0.2, -0.15) is 0 Å². The van der Waals surface area contributed by atoms with Gasteiger partial charge in [0.05, 0.1) is 12.6 Å². The normalized spacial score (nSPS) is 27.1. The van der Waals surface area contributed by atoms with E-state index in [4.69, 9.17) is 9.73 Å². The van der Waals surface area contributed by atoms with Crippen LogP contribution in [0.2, 0.25) is 0 Å². The van der Waals surface area contributed by atoms with Crippen molar-refractivity contribution >= 4 is 12.1 Å². The Bertz CT molecular complexity index is 713. The largest absolute Gasteiger partial charge is 0.444 e. The summed E-state index contributed by atoms with van der Waals surface area (Å²) in [6.07, 6.45) is 1.03. The van der Waals surface area contributed by atoms with Crippen LogP contribution in [0, 0.1) is 5.92 Å². The molecule has 3 atom stereocenters. The molecule has 27 heavy (non-hydrogen) atoms.